The van der Waals surface area contributed by atoms with E-state index in [1.807, 2.05) is 0 Å². The molecule has 0 fully saturated rings. The first kappa shape index (κ1) is 9.79. The number of fused-ring (bicyclic) bond motifs is 1. The molecule has 1 aromatic carbocycles. The molecule has 1 heterocycles. The van der Waals surface area contributed by atoms with Gasteiger partial charge >= 0.3 is 5.97 Å². The predicted octanol–water partition coefficient (Wildman–Crippen LogP) is 0.531. The first-order valence-corrected chi connectivity index (χ1v) is 4.58. The molecule has 0 spiro atoms. The highest BCUT2D eigenvalue weighted by Crippen LogP contribution is 2.32. The second-order valence-electron chi connectivity index (χ2n) is 2.99. The fraction of sp³-hybridized carbons (Fsp3) is 0.300. The summed E-state index contributed by atoms with van der Waals surface area (Å²) in [6, 6.07) is 4.91. The highest BCUT2D eigenvalue weighted by Gasteiger charge is 2.16. The summed E-state index contributed by atoms with van der Waals surface area (Å²) in [7, 11) is 0. The maximum atomic E-state index is 11.4. The van der Waals surface area contributed by atoms with E-state index in [1.54, 1.807) is 18.2 Å². The van der Waals surface area contributed by atoms with Crippen molar-refractivity contribution in [3.05, 3.63) is 23.8 Å². The van der Waals surface area contributed by atoms with E-state index in [-0.39, 0.29) is 13.4 Å². The van der Waals surface area contributed by atoms with Crippen LogP contribution in [0.5, 0.6) is 11.5 Å². The number of hydrogen-bond donors (Lipinski definition) is 1. The largest absolute Gasteiger partial charge is 0.461 e. The quantitative estimate of drug-likeness (QED) is 0.735. The fourth-order valence-electron chi connectivity index (χ4n) is 1.26. The van der Waals surface area contributed by atoms with Crippen LogP contribution in [0.25, 0.3) is 0 Å². The minimum atomic E-state index is -0.404. The molecule has 0 saturated carbocycles. The average molecular weight is 209 g/mol. The van der Waals surface area contributed by atoms with Crippen molar-refractivity contribution in [3.63, 3.8) is 0 Å². The van der Waals surface area contributed by atoms with Crippen LogP contribution >= 0.6 is 0 Å². The molecule has 5 heteroatoms. The molecule has 0 saturated heterocycles. The molecule has 2 N–H and O–H groups in total. The van der Waals surface area contributed by atoms with Crippen molar-refractivity contribution >= 4 is 5.97 Å². The summed E-state index contributed by atoms with van der Waals surface area (Å²) in [5, 5.41) is 0. The molecule has 0 aromatic heterocycles. The van der Waals surface area contributed by atoms with Crippen molar-refractivity contribution in [2.75, 3.05) is 19.9 Å². The van der Waals surface area contributed by atoms with E-state index in [1.165, 1.54) is 0 Å². The van der Waals surface area contributed by atoms with Gasteiger partial charge in [-0.3, -0.25) is 0 Å². The topological polar surface area (TPSA) is 70.8 Å². The van der Waals surface area contributed by atoms with Crippen molar-refractivity contribution in [1.82, 2.24) is 0 Å². The van der Waals surface area contributed by atoms with Gasteiger partial charge in [0.25, 0.3) is 0 Å². The van der Waals surface area contributed by atoms with Crippen molar-refractivity contribution in [2.24, 2.45) is 5.73 Å². The number of ether oxygens (including phenoxy) is 3. The molecule has 0 radical (unpaired) electrons. The standard InChI is InChI=1S/C10H11NO4/c11-3-4-13-10(12)7-1-2-8-9(5-7)15-6-14-8/h1-2,5H,3-4,6,11H2. The predicted molar refractivity (Wildman–Crippen MR) is 51.9 cm³/mol. The highest BCUT2D eigenvalue weighted by atomic mass is 16.7. The van der Waals surface area contributed by atoms with Gasteiger partial charge in [0.15, 0.2) is 11.5 Å². The minimum Gasteiger partial charge on any atom is -0.461 e. The SMILES string of the molecule is NCCOC(=O)c1ccc2c(c1)OCO2. The minimum absolute atomic E-state index is 0.191. The number of hydrogen-bond acceptors (Lipinski definition) is 5. The molecule has 80 valence electrons. The third-order valence-electron chi connectivity index (χ3n) is 1.96. The number of esters is 1. The monoisotopic (exact) mass is 209 g/mol. The summed E-state index contributed by atoms with van der Waals surface area (Å²) in [5.74, 6) is 0.807. The maximum absolute atomic E-state index is 11.4. The van der Waals surface area contributed by atoms with E-state index in [2.05, 4.69) is 0 Å². The lowest BCUT2D eigenvalue weighted by molar-refractivity contribution is 0.0516. The molecular formula is C10H11NO4. The molecule has 15 heavy (non-hydrogen) atoms. The Morgan fingerprint density at radius 3 is 3.00 bits per heavy atom. The van der Waals surface area contributed by atoms with E-state index in [0.29, 0.717) is 23.6 Å². The van der Waals surface area contributed by atoms with Crippen LogP contribution in [-0.2, 0) is 4.74 Å². The zero-order valence-electron chi connectivity index (χ0n) is 8.06. The first-order chi connectivity index (χ1) is 7.31. The molecule has 0 bridgehead atoms. The Bertz CT molecular complexity index is 378. The van der Waals surface area contributed by atoms with Crippen LogP contribution in [0.15, 0.2) is 18.2 Å². The van der Waals surface area contributed by atoms with Gasteiger partial charge in [0, 0.05) is 6.54 Å². The van der Waals surface area contributed by atoms with Gasteiger partial charge in [-0.25, -0.2) is 4.79 Å². The zero-order chi connectivity index (χ0) is 10.7. The number of benzene rings is 1. The van der Waals surface area contributed by atoms with Gasteiger partial charge in [0.05, 0.1) is 5.56 Å². The lowest BCUT2D eigenvalue weighted by atomic mass is 10.2. The second-order valence-corrected chi connectivity index (χ2v) is 2.99. The summed E-state index contributed by atoms with van der Waals surface area (Å²) in [4.78, 5) is 11.4. The number of rotatable bonds is 3. The Balaban J connectivity index is 2.12. The number of nitrogens with two attached hydrogens (primary N) is 1. The molecule has 0 atom stereocenters. The van der Waals surface area contributed by atoms with Gasteiger partial charge in [-0.05, 0) is 18.2 Å². The van der Waals surface area contributed by atoms with Crippen molar-refractivity contribution < 1.29 is 19.0 Å². The number of carbonyl (C=O) groups is 1. The smallest absolute Gasteiger partial charge is 0.338 e. The van der Waals surface area contributed by atoms with Gasteiger partial charge in [-0.1, -0.05) is 0 Å². The van der Waals surface area contributed by atoms with Gasteiger partial charge in [-0.15, -0.1) is 0 Å². The van der Waals surface area contributed by atoms with E-state index < -0.39 is 5.97 Å². The summed E-state index contributed by atoms with van der Waals surface area (Å²) >= 11 is 0. The lowest BCUT2D eigenvalue weighted by Crippen LogP contribution is -2.13. The van der Waals surface area contributed by atoms with E-state index in [4.69, 9.17) is 19.9 Å². The normalized spacial score (nSPS) is 12.6. The fourth-order valence-corrected chi connectivity index (χ4v) is 1.26. The van der Waals surface area contributed by atoms with Crippen LogP contribution in [0.2, 0.25) is 0 Å². The summed E-state index contributed by atoms with van der Waals surface area (Å²) in [6.45, 7) is 0.722. The summed E-state index contributed by atoms with van der Waals surface area (Å²) in [6.07, 6.45) is 0. The Hall–Kier alpha value is -1.75. The lowest BCUT2D eigenvalue weighted by Gasteiger charge is -2.03. The van der Waals surface area contributed by atoms with Crippen LogP contribution in [0.3, 0.4) is 0 Å². The molecule has 5 nitrogen and oxygen atoms in total. The van der Waals surface area contributed by atoms with Crippen LogP contribution in [0, 0.1) is 0 Å². The van der Waals surface area contributed by atoms with E-state index in [9.17, 15) is 4.79 Å². The number of carbonyl (C=O) groups excluding carboxylic acids is 1. The molecule has 0 unspecified atom stereocenters. The molecular weight excluding hydrogens is 198 g/mol. The molecule has 1 aliphatic rings. The van der Waals surface area contributed by atoms with Gasteiger partial charge in [0.1, 0.15) is 6.61 Å². The van der Waals surface area contributed by atoms with Crippen LogP contribution in [-0.4, -0.2) is 25.9 Å². The Morgan fingerprint density at radius 1 is 1.40 bits per heavy atom. The van der Waals surface area contributed by atoms with Crippen molar-refractivity contribution in [1.29, 1.82) is 0 Å². The van der Waals surface area contributed by atoms with Crippen LogP contribution in [0.1, 0.15) is 10.4 Å². The molecule has 0 aliphatic carbocycles. The van der Waals surface area contributed by atoms with Crippen molar-refractivity contribution in [2.45, 2.75) is 0 Å². The van der Waals surface area contributed by atoms with E-state index in [0.717, 1.165) is 0 Å². The van der Waals surface area contributed by atoms with Crippen molar-refractivity contribution in [3.8, 4) is 11.5 Å². The average Bonchev–Trinajstić information content (AvgIpc) is 2.72. The van der Waals surface area contributed by atoms with Gasteiger partial charge < -0.3 is 19.9 Å². The molecule has 0 amide bonds. The molecule has 2 rings (SSSR count). The maximum Gasteiger partial charge on any atom is 0.338 e. The highest BCUT2D eigenvalue weighted by molar-refractivity contribution is 5.90. The van der Waals surface area contributed by atoms with E-state index >= 15 is 0 Å². The molecule has 1 aromatic rings. The van der Waals surface area contributed by atoms with Gasteiger partial charge in [-0.2, -0.15) is 0 Å². The first-order valence-electron chi connectivity index (χ1n) is 4.58. The summed E-state index contributed by atoms with van der Waals surface area (Å²) < 4.78 is 15.1. The second kappa shape index (κ2) is 4.18. The Kier molecular flexibility index (Phi) is 2.73. The third kappa shape index (κ3) is 2.02. The van der Waals surface area contributed by atoms with Gasteiger partial charge in [0.2, 0.25) is 6.79 Å². The molecule has 1 aliphatic heterocycles. The Morgan fingerprint density at radius 2 is 2.20 bits per heavy atom. The Labute approximate surface area is 86.7 Å². The third-order valence-corrected chi connectivity index (χ3v) is 1.96. The zero-order valence-corrected chi connectivity index (χ0v) is 8.06. The van der Waals surface area contributed by atoms with Crippen LogP contribution < -0.4 is 15.2 Å². The van der Waals surface area contributed by atoms with Crippen LogP contribution in [0.4, 0.5) is 0 Å². The summed E-state index contributed by atoms with van der Waals surface area (Å²) in [5.41, 5.74) is 5.66.